The standard InChI is InChI=1S/C16H26N2/c1-13-8-7-11-18(14(13)2)12-16(3,17)15-9-5-4-6-10-15/h4-6,9-10,13-14H,7-8,11-12,17H2,1-3H3. The van der Waals surface area contributed by atoms with Gasteiger partial charge in [0.15, 0.2) is 0 Å². The van der Waals surface area contributed by atoms with E-state index in [2.05, 4.69) is 49.9 Å². The monoisotopic (exact) mass is 246 g/mol. The lowest BCUT2D eigenvalue weighted by Gasteiger charge is -2.42. The van der Waals surface area contributed by atoms with Gasteiger partial charge in [-0.05, 0) is 44.7 Å². The van der Waals surface area contributed by atoms with Gasteiger partial charge in [-0.3, -0.25) is 4.90 Å². The third kappa shape index (κ3) is 2.93. The summed E-state index contributed by atoms with van der Waals surface area (Å²) >= 11 is 0. The van der Waals surface area contributed by atoms with Gasteiger partial charge >= 0.3 is 0 Å². The summed E-state index contributed by atoms with van der Waals surface area (Å²) < 4.78 is 0. The summed E-state index contributed by atoms with van der Waals surface area (Å²) in [5, 5.41) is 0. The van der Waals surface area contributed by atoms with Crippen LogP contribution in [0.4, 0.5) is 0 Å². The van der Waals surface area contributed by atoms with Crippen molar-refractivity contribution in [1.82, 2.24) is 4.90 Å². The summed E-state index contributed by atoms with van der Waals surface area (Å²) in [5.41, 5.74) is 7.51. The Morgan fingerprint density at radius 3 is 2.61 bits per heavy atom. The van der Waals surface area contributed by atoms with E-state index in [1.54, 1.807) is 0 Å². The molecule has 1 aromatic rings. The zero-order valence-corrected chi connectivity index (χ0v) is 11.9. The van der Waals surface area contributed by atoms with Gasteiger partial charge in [0.2, 0.25) is 0 Å². The van der Waals surface area contributed by atoms with Crippen molar-refractivity contribution >= 4 is 0 Å². The van der Waals surface area contributed by atoms with Crippen molar-refractivity contribution in [1.29, 1.82) is 0 Å². The fraction of sp³-hybridized carbons (Fsp3) is 0.625. The van der Waals surface area contributed by atoms with E-state index in [0.717, 1.165) is 12.5 Å². The summed E-state index contributed by atoms with van der Waals surface area (Å²) in [7, 11) is 0. The molecule has 18 heavy (non-hydrogen) atoms. The number of hydrogen-bond donors (Lipinski definition) is 1. The average Bonchev–Trinajstić information content (AvgIpc) is 2.36. The Bertz CT molecular complexity index is 372. The predicted octanol–water partition coefficient (Wildman–Crippen LogP) is 2.98. The summed E-state index contributed by atoms with van der Waals surface area (Å²) in [6.45, 7) is 8.97. The van der Waals surface area contributed by atoms with E-state index in [9.17, 15) is 0 Å². The zero-order valence-electron chi connectivity index (χ0n) is 11.9. The molecule has 3 unspecified atom stereocenters. The fourth-order valence-electron chi connectivity index (χ4n) is 2.98. The van der Waals surface area contributed by atoms with E-state index in [0.29, 0.717) is 6.04 Å². The molecule has 2 rings (SSSR count). The highest BCUT2D eigenvalue weighted by Gasteiger charge is 2.30. The third-order valence-corrected chi connectivity index (χ3v) is 4.47. The smallest absolute Gasteiger partial charge is 0.0510 e. The van der Waals surface area contributed by atoms with E-state index >= 15 is 0 Å². The van der Waals surface area contributed by atoms with Crippen molar-refractivity contribution in [3.63, 3.8) is 0 Å². The topological polar surface area (TPSA) is 29.3 Å². The minimum atomic E-state index is -0.257. The highest BCUT2D eigenvalue weighted by atomic mass is 15.2. The maximum Gasteiger partial charge on any atom is 0.0510 e. The van der Waals surface area contributed by atoms with Gasteiger partial charge in [-0.15, -0.1) is 0 Å². The molecule has 2 heteroatoms. The highest BCUT2D eigenvalue weighted by Crippen LogP contribution is 2.27. The van der Waals surface area contributed by atoms with Crippen LogP contribution in [-0.2, 0) is 5.54 Å². The summed E-state index contributed by atoms with van der Waals surface area (Å²) in [5.74, 6) is 0.783. The van der Waals surface area contributed by atoms with Gasteiger partial charge in [-0.25, -0.2) is 0 Å². The first-order valence-corrected chi connectivity index (χ1v) is 7.09. The van der Waals surface area contributed by atoms with Crippen LogP contribution >= 0.6 is 0 Å². The van der Waals surface area contributed by atoms with Crippen LogP contribution in [0.3, 0.4) is 0 Å². The van der Waals surface area contributed by atoms with Crippen LogP contribution < -0.4 is 5.73 Å². The van der Waals surface area contributed by atoms with Crippen LogP contribution in [0.1, 0.15) is 39.2 Å². The number of nitrogens with two attached hydrogens (primary N) is 1. The lowest BCUT2D eigenvalue weighted by atomic mass is 9.87. The Balaban J connectivity index is 2.08. The minimum Gasteiger partial charge on any atom is -0.321 e. The first kappa shape index (κ1) is 13.6. The van der Waals surface area contributed by atoms with E-state index in [1.165, 1.54) is 24.9 Å². The normalized spacial score (nSPS) is 28.9. The fourth-order valence-corrected chi connectivity index (χ4v) is 2.98. The Hall–Kier alpha value is -0.860. The molecule has 0 radical (unpaired) electrons. The van der Waals surface area contributed by atoms with Gasteiger partial charge in [0.25, 0.3) is 0 Å². The molecule has 0 saturated carbocycles. The van der Waals surface area contributed by atoms with Gasteiger partial charge in [0.1, 0.15) is 0 Å². The Labute approximate surface area is 111 Å². The molecule has 1 aromatic carbocycles. The van der Waals surface area contributed by atoms with E-state index in [1.807, 2.05) is 6.07 Å². The molecule has 1 heterocycles. The predicted molar refractivity (Wildman–Crippen MR) is 77.4 cm³/mol. The van der Waals surface area contributed by atoms with Gasteiger partial charge in [-0.2, -0.15) is 0 Å². The van der Waals surface area contributed by atoms with Crippen LogP contribution in [0.2, 0.25) is 0 Å². The minimum absolute atomic E-state index is 0.257. The van der Waals surface area contributed by atoms with Crippen molar-refractivity contribution in [3.8, 4) is 0 Å². The van der Waals surface area contributed by atoms with Crippen molar-refractivity contribution < 1.29 is 0 Å². The van der Waals surface area contributed by atoms with Crippen molar-refractivity contribution in [2.24, 2.45) is 11.7 Å². The lowest BCUT2D eigenvalue weighted by molar-refractivity contribution is 0.0899. The lowest BCUT2D eigenvalue weighted by Crippen LogP contribution is -2.51. The average molecular weight is 246 g/mol. The molecule has 0 aliphatic carbocycles. The molecular weight excluding hydrogens is 220 g/mol. The number of likely N-dealkylation sites (tertiary alicyclic amines) is 1. The number of piperidine rings is 1. The first-order chi connectivity index (χ1) is 8.50. The maximum atomic E-state index is 6.53. The van der Waals surface area contributed by atoms with Crippen LogP contribution in [0.15, 0.2) is 30.3 Å². The Morgan fingerprint density at radius 2 is 1.94 bits per heavy atom. The summed E-state index contributed by atoms with van der Waals surface area (Å²) in [6.07, 6.45) is 2.65. The molecule has 1 aliphatic heterocycles. The van der Waals surface area contributed by atoms with Crippen molar-refractivity contribution in [3.05, 3.63) is 35.9 Å². The van der Waals surface area contributed by atoms with E-state index in [-0.39, 0.29) is 5.54 Å². The third-order valence-electron chi connectivity index (χ3n) is 4.47. The number of nitrogens with zero attached hydrogens (tertiary/aromatic N) is 1. The maximum absolute atomic E-state index is 6.53. The molecule has 1 fully saturated rings. The molecule has 1 aliphatic rings. The molecule has 0 spiro atoms. The number of rotatable bonds is 3. The van der Waals surface area contributed by atoms with Crippen molar-refractivity contribution in [2.75, 3.05) is 13.1 Å². The molecule has 100 valence electrons. The van der Waals surface area contributed by atoms with Gasteiger partial charge in [-0.1, -0.05) is 37.3 Å². The second-order valence-corrected chi connectivity index (χ2v) is 6.11. The first-order valence-electron chi connectivity index (χ1n) is 7.09. The number of hydrogen-bond acceptors (Lipinski definition) is 2. The van der Waals surface area contributed by atoms with Crippen LogP contribution in [0.5, 0.6) is 0 Å². The molecule has 0 amide bonds. The number of benzene rings is 1. The molecule has 0 bridgehead atoms. The second-order valence-electron chi connectivity index (χ2n) is 6.11. The molecule has 3 atom stereocenters. The SMILES string of the molecule is CC1CCCN(CC(C)(N)c2ccccc2)C1C. The largest absolute Gasteiger partial charge is 0.321 e. The molecular formula is C16H26N2. The van der Waals surface area contributed by atoms with Crippen LogP contribution in [-0.4, -0.2) is 24.0 Å². The second kappa shape index (κ2) is 5.41. The molecule has 1 saturated heterocycles. The molecule has 2 nitrogen and oxygen atoms in total. The molecule has 2 N–H and O–H groups in total. The summed E-state index contributed by atoms with van der Waals surface area (Å²) in [6, 6.07) is 11.1. The summed E-state index contributed by atoms with van der Waals surface area (Å²) in [4.78, 5) is 2.56. The zero-order chi connectivity index (χ0) is 13.2. The van der Waals surface area contributed by atoms with E-state index in [4.69, 9.17) is 5.73 Å². The quantitative estimate of drug-likeness (QED) is 0.888. The molecule has 0 aromatic heterocycles. The van der Waals surface area contributed by atoms with Gasteiger partial charge in [0.05, 0.1) is 5.54 Å². The van der Waals surface area contributed by atoms with E-state index < -0.39 is 0 Å². The highest BCUT2D eigenvalue weighted by molar-refractivity contribution is 5.23. The van der Waals surface area contributed by atoms with Crippen LogP contribution in [0, 0.1) is 5.92 Å². The Morgan fingerprint density at radius 1 is 1.28 bits per heavy atom. The van der Waals surface area contributed by atoms with Gasteiger partial charge < -0.3 is 5.73 Å². The van der Waals surface area contributed by atoms with Crippen molar-refractivity contribution in [2.45, 2.75) is 45.2 Å². The van der Waals surface area contributed by atoms with Crippen LogP contribution in [0.25, 0.3) is 0 Å². The van der Waals surface area contributed by atoms with Gasteiger partial charge in [0, 0.05) is 12.6 Å². The Kier molecular flexibility index (Phi) is 4.08.